The van der Waals surface area contributed by atoms with Crippen molar-refractivity contribution < 1.29 is 8.83 Å². The summed E-state index contributed by atoms with van der Waals surface area (Å²) in [6, 6.07) is 55.5. The van der Waals surface area contributed by atoms with Crippen LogP contribution in [0, 0.1) is 0 Å². The molecule has 0 saturated heterocycles. The fourth-order valence-electron chi connectivity index (χ4n) is 8.78. The van der Waals surface area contributed by atoms with Crippen LogP contribution in [-0.2, 0) is 5.41 Å². The van der Waals surface area contributed by atoms with Gasteiger partial charge in [-0.15, -0.1) is 0 Å². The highest BCUT2D eigenvalue weighted by molar-refractivity contribution is 6.03. The zero-order valence-electron chi connectivity index (χ0n) is 33.7. The van der Waals surface area contributed by atoms with E-state index < -0.39 is 0 Å². The highest BCUT2D eigenvalue weighted by Crippen LogP contribution is 2.53. The zero-order valence-corrected chi connectivity index (χ0v) is 33.7. The summed E-state index contributed by atoms with van der Waals surface area (Å²) in [5.74, 6) is 3.07. The van der Waals surface area contributed by atoms with Crippen LogP contribution >= 0.6 is 0 Å². The smallest absolute Gasteiger partial charge is 0.227 e. The van der Waals surface area contributed by atoms with E-state index in [4.69, 9.17) is 28.8 Å². The quantitative estimate of drug-likeness (QED) is 0.153. The molecule has 0 aliphatic heterocycles. The SMILES string of the molecule is C=Cc1c(C(=C)c2cccc(-c3nc(-c4ccccc4)nc(-c4ccccc4)n3)c2)oc2c(-c3ccc4c(c3)C(C)(C)c3ccc5nc(-c6ccccc6)oc5c3-4)cccc12. The number of benzene rings is 7. The molecule has 6 nitrogen and oxygen atoms in total. The van der Waals surface area contributed by atoms with E-state index in [0.717, 1.165) is 83.3 Å². The van der Waals surface area contributed by atoms with Crippen LogP contribution in [0.3, 0.4) is 0 Å². The fourth-order valence-corrected chi connectivity index (χ4v) is 8.78. The monoisotopic (exact) mass is 786 g/mol. The average Bonchev–Trinajstić information content (AvgIpc) is 4.00. The molecule has 11 rings (SSSR count). The lowest BCUT2D eigenvalue weighted by Crippen LogP contribution is -2.14. The lowest BCUT2D eigenvalue weighted by molar-refractivity contribution is 0.600. The summed E-state index contributed by atoms with van der Waals surface area (Å²) < 4.78 is 13.4. The molecule has 3 aromatic heterocycles. The van der Waals surface area contributed by atoms with E-state index in [0.29, 0.717) is 29.1 Å². The Morgan fingerprint density at radius 1 is 0.525 bits per heavy atom. The first-order chi connectivity index (χ1) is 29.9. The Kier molecular flexibility index (Phi) is 8.36. The Morgan fingerprint density at radius 3 is 1.82 bits per heavy atom. The van der Waals surface area contributed by atoms with Gasteiger partial charge >= 0.3 is 0 Å². The lowest BCUT2D eigenvalue weighted by Gasteiger charge is -2.22. The van der Waals surface area contributed by atoms with Crippen molar-refractivity contribution in [1.82, 2.24) is 19.9 Å². The Morgan fingerprint density at radius 2 is 1.15 bits per heavy atom. The first kappa shape index (κ1) is 36.1. The van der Waals surface area contributed by atoms with Crippen LogP contribution < -0.4 is 0 Å². The molecule has 0 amide bonds. The van der Waals surface area contributed by atoms with Crippen LogP contribution in [0.5, 0.6) is 0 Å². The van der Waals surface area contributed by atoms with E-state index in [1.165, 1.54) is 11.1 Å². The molecule has 0 unspecified atom stereocenters. The highest BCUT2D eigenvalue weighted by Gasteiger charge is 2.38. The number of rotatable bonds is 8. The molecule has 0 radical (unpaired) electrons. The molecular formula is C55H38N4O2. The summed E-state index contributed by atoms with van der Waals surface area (Å²) in [5, 5.41) is 0.970. The second kappa shape index (κ2) is 14.1. The van der Waals surface area contributed by atoms with Crippen molar-refractivity contribution in [1.29, 1.82) is 0 Å². The molecule has 10 aromatic rings. The molecule has 1 aliphatic rings. The number of oxazole rings is 1. The van der Waals surface area contributed by atoms with E-state index in [-0.39, 0.29) is 5.41 Å². The molecule has 7 aromatic carbocycles. The van der Waals surface area contributed by atoms with Crippen LogP contribution in [0.4, 0.5) is 0 Å². The molecule has 0 atom stereocenters. The third kappa shape index (κ3) is 5.95. The molecule has 0 fully saturated rings. The second-order valence-electron chi connectivity index (χ2n) is 15.9. The van der Waals surface area contributed by atoms with Gasteiger partial charge in [0.15, 0.2) is 23.1 Å². The van der Waals surface area contributed by atoms with Gasteiger partial charge < -0.3 is 8.83 Å². The molecule has 3 heterocycles. The Labute approximate surface area is 353 Å². The maximum atomic E-state index is 6.89. The van der Waals surface area contributed by atoms with Crippen molar-refractivity contribution in [3.8, 4) is 67.9 Å². The van der Waals surface area contributed by atoms with Crippen molar-refractivity contribution in [2.75, 3.05) is 0 Å². The average molecular weight is 787 g/mol. The number of furan rings is 1. The van der Waals surface area contributed by atoms with Gasteiger partial charge in [0, 0.05) is 55.3 Å². The summed E-state index contributed by atoms with van der Waals surface area (Å²) in [6.07, 6.45) is 1.86. The molecule has 0 spiro atoms. The first-order valence-electron chi connectivity index (χ1n) is 20.4. The Hall–Kier alpha value is -7.96. The van der Waals surface area contributed by atoms with Crippen LogP contribution in [0.15, 0.2) is 186 Å². The molecule has 0 N–H and O–H groups in total. The first-order valence-corrected chi connectivity index (χ1v) is 20.4. The highest BCUT2D eigenvalue weighted by atomic mass is 16.3. The minimum absolute atomic E-state index is 0.273. The summed E-state index contributed by atoms with van der Waals surface area (Å²) >= 11 is 0. The largest absolute Gasteiger partial charge is 0.455 e. The minimum Gasteiger partial charge on any atom is -0.455 e. The second-order valence-corrected chi connectivity index (χ2v) is 15.9. The zero-order chi connectivity index (χ0) is 41.2. The van der Waals surface area contributed by atoms with Gasteiger partial charge in [-0.1, -0.05) is 167 Å². The van der Waals surface area contributed by atoms with Gasteiger partial charge in [0.05, 0.1) is 0 Å². The fraction of sp³-hybridized carbons (Fsp3) is 0.0545. The van der Waals surface area contributed by atoms with Gasteiger partial charge in [-0.25, -0.2) is 19.9 Å². The van der Waals surface area contributed by atoms with E-state index in [9.17, 15) is 0 Å². The minimum atomic E-state index is -0.273. The maximum Gasteiger partial charge on any atom is 0.227 e. The molecule has 1 aliphatic carbocycles. The molecule has 290 valence electrons. The van der Waals surface area contributed by atoms with E-state index in [1.807, 2.05) is 115 Å². The number of hydrogen-bond acceptors (Lipinski definition) is 6. The Bertz CT molecular complexity index is 3300. The summed E-state index contributed by atoms with van der Waals surface area (Å²) in [5.41, 5.74) is 15.1. The molecule has 6 heteroatoms. The van der Waals surface area contributed by atoms with Crippen LogP contribution in [0.1, 0.15) is 41.9 Å². The third-order valence-electron chi connectivity index (χ3n) is 11.9. The van der Waals surface area contributed by atoms with Crippen LogP contribution in [0.25, 0.3) is 102 Å². The van der Waals surface area contributed by atoms with Gasteiger partial charge in [0.1, 0.15) is 16.9 Å². The summed E-state index contributed by atoms with van der Waals surface area (Å²) in [6.45, 7) is 13.4. The van der Waals surface area contributed by atoms with E-state index >= 15 is 0 Å². The van der Waals surface area contributed by atoms with Crippen LogP contribution in [0.2, 0.25) is 0 Å². The predicted octanol–water partition coefficient (Wildman–Crippen LogP) is 14.1. The third-order valence-corrected chi connectivity index (χ3v) is 11.9. The molecule has 0 bridgehead atoms. The molecule has 61 heavy (non-hydrogen) atoms. The van der Waals surface area contributed by atoms with E-state index in [2.05, 4.69) is 81.6 Å². The number of fused-ring (bicyclic) bond motifs is 6. The standard InChI is InChI=1S/C55H38N4O2/c1-5-40-42-26-16-25-41(38-27-28-43-45(32-38)55(3,4)44-29-30-46-50(47(43)44)61-54(56-46)36-21-13-8-14-22-36)49(42)60-48(40)33(2)37-23-15-24-39(31-37)53-58-51(34-17-9-6-10-18-34)57-52(59-53)35-19-11-7-12-20-35/h5-32H,1-2H2,3-4H3. The summed E-state index contributed by atoms with van der Waals surface area (Å²) in [4.78, 5) is 19.7. The van der Waals surface area contributed by atoms with Gasteiger partial charge in [-0.3, -0.25) is 0 Å². The predicted molar refractivity (Wildman–Crippen MR) is 247 cm³/mol. The van der Waals surface area contributed by atoms with Crippen molar-refractivity contribution in [2.24, 2.45) is 0 Å². The van der Waals surface area contributed by atoms with Gasteiger partial charge in [-0.05, 0) is 58.1 Å². The van der Waals surface area contributed by atoms with Crippen molar-refractivity contribution in [3.63, 3.8) is 0 Å². The number of para-hydroxylation sites is 1. The number of nitrogens with zero attached hydrogens (tertiary/aromatic N) is 4. The lowest BCUT2D eigenvalue weighted by atomic mass is 9.81. The van der Waals surface area contributed by atoms with Gasteiger partial charge in [0.25, 0.3) is 0 Å². The van der Waals surface area contributed by atoms with Crippen molar-refractivity contribution in [2.45, 2.75) is 19.3 Å². The maximum absolute atomic E-state index is 6.89. The number of hydrogen-bond donors (Lipinski definition) is 0. The van der Waals surface area contributed by atoms with Crippen molar-refractivity contribution >= 4 is 33.7 Å². The number of aromatic nitrogens is 4. The molecular weight excluding hydrogens is 749 g/mol. The normalized spacial score (nSPS) is 12.7. The van der Waals surface area contributed by atoms with Crippen LogP contribution in [-0.4, -0.2) is 19.9 Å². The molecule has 0 saturated carbocycles. The topological polar surface area (TPSA) is 77.8 Å². The van der Waals surface area contributed by atoms with Crippen molar-refractivity contribution in [3.05, 3.63) is 205 Å². The van der Waals surface area contributed by atoms with E-state index in [1.54, 1.807) is 0 Å². The van der Waals surface area contributed by atoms with Gasteiger partial charge in [0.2, 0.25) is 5.89 Å². The Balaban J connectivity index is 0.980. The van der Waals surface area contributed by atoms with Gasteiger partial charge in [-0.2, -0.15) is 0 Å². The summed E-state index contributed by atoms with van der Waals surface area (Å²) in [7, 11) is 0.